The van der Waals surface area contributed by atoms with Gasteiger partial charge in [-0.15, -0.1) is 0 Å². The molecule has 3 aromatic carbocycles. The Morgan fingerprint density at radius 3 is 1.34 bits per heavy atom. The Balaban J connectivity index is 0.00000102. The van der Waals surface area contributed by atoms with Gasteiger partial charge in [-0.25, -0.2) is 9.59 Å². The number of nitrogens with one attached hydrogen (secondary N) is 5. The number of hydrogen-bond donors (Lipinski definition) is 6. The van der Waals surface area contributed by atoms with Crippen molar-refractivity contribution in [3.05, 3.63) is 106 Å². The lowest BCUT2D eigenvalue weighted by atomic mass is 9.76. The molecule has 0 bridgehead atoms. The van der Waals surface area contributed by atoms with E-state index in [1.54, 1.807) is 60.3 Å². The standard InChI is InChI=1S/C71H103N9O12.C9H11N/c1-42(77(9)68(89)91-70(3,4)5)59(81)39-54(44-21-13-11-14-22-44)66(87)79-40-50(37-57(79)64(85)74-55-35-33-45-23-17-19-27-52(45)55)72-62(83)48-29-31-49(32-30-48)63(84)73-51-38-58(65(86)75-56-36-34-46-24-18-20-28-53(46)56)80(41-51)67(88)60(47-25-15-12-16-26-47)76-61(82)43(2)78(10)69(90)92-71(6,7)8;10-9-6-5-7-3-1-2-4-8(7)9/h17-20,23-24,27-28,42-44,47-51,54-58,60H,11-16,21-22,25-26,29-41H2,1-10H3,(H,72,83)(H,73,84)(H,74,85)(H,75,86)(H,76,82);1-4,9H,5-6,10H2/t42-,43-,48?,49?,50-,51-,54-,55+,56+,57-,58-,60-;9-/m01/s1. The molecule has 3 saturated carbocycles. The van der Waals surface area contributed by atoms with Crippen LogP contribution in [-0.2, 0) is 67.1 Å². The average Bonchev–Trinajstić information content (AvgIpc) is 1.62. The van der Waals surface area contributed by atoms with Crippen molar-refractivity contribution in [3.63, 3.8) is 0 Å². The summed E-state index contributed by atoms with van der Waals surface area (Å²) in [4.78, 5) is 149. The number of Topliss-reactive ketones (excluding diaryl/α,β-unsaturated/α-hetero) is 1. The Morgan fingerprint density at radius 1 is 0.490 bits per heavy atom. The normalized spacial score (nSPS) is 25.3. The fourth-order valence-electron chi connectivity index (χ4n) is 16.9. The number of rotatable bonds is 19. The molecule has 8 aliphatic rings. The highest BCUT2D eigenvalue weighted by Gasteiger charge is 2.49. The maximum absolute atomic E-state index is 15.3. The minimum Gasteiger partial charge on any atom is -0.444 e. The zero-order valence-electron chi connectivity index (χ0n) is 62.0. The molecule has 6 aliphatic carbocycles. The third kappa shape index (κ3) is 19.1. The van der Waals surface area contributed by atoms with Crippen molar-refractivity contribution in [2.45, 2.75) is 275 Å². The van der Waals surface area contributed by atoms with E-state index in [1.807, 2.05) is 36.4 Å². The number of likely N-dealkylation sites (tertiary alicyclic amines) is 2. The fourth-order valence-corrected chi connectivity index (χ4v) is 16.9. The first-order chi connectivity index (χ1) is 48.5. The van der Waals surface area contributed by atoms with Gasteiger partial charge in [-0.2, -0.15) is 0 Å². The Hall–Kier alpha value is -7.88. The molecule has 556 valence electrons. The SMILES string of the molecule is C[C@@H](C(=O)C[C@H](C(=O)N1C[C@@H](NC(=O)C2CCC(C(=O)N[C@H]3C[C@@H](C(=O)N[C@@H]4CCc5ccccc54)N(C(=O)[C@@H](NC(=O)[C@H](C)N(C)C(=O)OC(C)(C)C)C4CCCCC4)C3)CC2)C[C@H]1C(=O)N[C@@H]1CCc2ccccc21)C1CCCCC1)N(C)C(=O)OC(C)(C)C.N[C@@H]1CCc2ccccc21. The number of benzene rings is 3. The first-order valence-corrected chi connectivity index (χ1v) is 38.1. The first-order valence-electron chi connectivity index (χ1n) is 38.1. The third-order valence-corrected chi connectivity index (χ3v) is 23.0. The van der Waals surface area contributed by atoms with Gasteiger partial charge in [-0.05, 0) is 203 Å². The highest BCUT2D eigenvalue weighted by atomic mass is 16.6. The summed E-state index contributed by atoms with van der Waals surface area (Å²) in [6, 6.07) is 18.3. The lowest BCUT2D eigenvalue weighted by molar-refractivity contribution is -0.145. The Kier molecular flexibility index (Phi) is 25.4. The van der Waals surface area contributed by atoms with E-state index in [1.165, 1.54) is 39.9 Å². The number of hydrogen-bond acceptors (Lipinski definition) is 13. The second-order valence-electron chi connectivity index (χ2n) is 32.5. The summed E-state index contributed by atoms with van der Waals surface area (Å²) in [5.74, 6) is -4.64. The molecule has 3 aromatic rings. The molecule has 11 atom stereocenters. The van der Waals surface area contributed by atoms with Crippen LogP contribution in [0.2, 0.25) is 0 Å². The van der Waals surface area contributed by atoms with E-state index >= 15 is 9.59 Å². The van der Waals surface area contributed by atoms with E-state index in [0.717, 1.165) is 99.3 Å². The molecular formula is C80H114N10O12. The van der Waals surface area contributed by atoms with Crippen LogP contribution in [0.3, 0.4) is 0 Å². The van der Waals surface area contributed by atoms with Gasteiger partial charge in [0.1, 0.15) is 35.4 Å². The van der Waals surface area contributed by atoms with Crippen LogP contribution in [0.4, 0.5) is 9.59 Å². The molecule has 2 aliphatic heterocycles. The summed E-state index contributed by atoms with van der Waals surface area (Å²) in [5, 5.41) is 16.0. The summed E-state index contributed by atoms with van der Waals surface area (Å²) in [5.41, 5.74) is 11.4. The monoisotopic (exact) mass is 1410 g/mol. The van der Waals surface area contributed by atoms with Crippen molar-refractivity contribution in [2.75, 3.05) is 27.2 Å². The Morgan fingerprint density at radius 2 is 0.892 bits per heavy atom. The van der Waals surface area contributed by atoms with Gasteiger partial charge in [0.15, 0.2) is 5.78 Å². The number of carbonyl (C=O) groups excluding carboxylic acids is 10. The number of aryl methyl sites for hydroxylation is 3. The zero-order chi connectivity index (χ0) is 73.3. The van der Waals surface area contributed by atoms with E-state index in [2.05, 4.69) is 63.0 Å². The minimum absolute atomic E-state index is 0.0320. The van der Waals surface area contributed by atoms with Crippen LogP contribution in [0.15, 0.2) is 72.8 Å². The van der Waals surface area contributed by atoms with Crippen LogP contribution in [-0.4, -0.2) is 160 Å². The second-order valence-corrected chi connectivity index (χ2v) is 32.5. The van der Waals surface area contributed by atoms with E-state index in [0.29, 0.717) is 57.4 Å². The number of nitrogens with two attached hydrogens (primary N) is 1. The van der Waals surface area contributed by atoms with Crippen LogP contribution < -0.4 is 32.3 Å². The molecule has 22 nitrogen and oxygen atoms in total. The van der Waals surface area contributed by atoms with Gasteiger partial charge in [0.25, 0.3) is 0 Å². The first kappa shape index (κ1) is 76.8. The highest BCUT2D eigenvalue weighted by molar-refractivity contribution is 5.96. The summed E-state index contributed by atoms with van der Waals surface area (Å²) in [6.07, 6.45) is 14.2. The lowest BCUT2D eigenvalue weighted by Gasteiger charge is -2.36. The van der Waals surface area contributed by atoms with Crippen molar-refractivity contribution in [3.8, 4) is 0 Å². The van der Waals surface area contributed by atoms with Gasteiger partial charge in [-0.3, -0.25) is 43.3 Å². The van der Waals surface area contributed by atoms with Gasteiger partial charge in [0.2, 0.25) is 41.4 Å². The summed E-state index contributed by atoms with van der Waals surface area (Å²) in [7, 11) is 3.00. The van der Waals surface area contributed by atoms with Crippen LogP contribution in [0.25, 0.3) is 0 Å². The van der Waals surface area contributed by atoms with Crippen LogP contribution in [0.5, 0.6) is 0 Å². The van der Waals surface area contributed by atoms with Crippen molar-refractivity contribution < 1.29 is 57.4 Å². The number of ether oxygens (including phenoxy) is 2. The summed E-state index contributed by atoms with van der Waals surface area (Å²) < 4.78 is 11.1. The number of fused-ring (bicyclic) bond motifs is 3. The number of ketones is 1. The van der Waals surface area contributed by atoms with Gasteiger partial charge in [0, 0.05) is 69.5 Å². The number of likely N-dealkylation sites (N-methyl/N-ethyl adjacent to an activating group) is 2. The number of nitrogens with zero attached hydrogens (tertiary/aromatic N) is 4. The topological polar surface area (TPSA) is 288 Å². The van der Waals surface area contributed by atoms with Crippen molar-refractivity contribution in [1.82, 2.24) is 46.2 Å². The Labute approximate surface area is 603 Å². The molecule has 9 amide bonds. The van der Waals surface area contributed by atoms with E-state index in [4.69, 9.17) is 15.2 Å². The highest BCUT2D eigenvalue weighted by Crippen LogP contribution is 2.39. The van der Waals surface area contributed by atoms with Gasteiger partial charge in [-0.1, -0.05) is 111 Å². The molecular weight excluding hydrogens is 1290 g/mol. The molecule has 0 spiro atoms. The molecule has 0 aromatic heterocycles. The average molecular weight is 1410 g/mol. The third-order valence-electron chi connectivity index (χ3n) is 23.0. The van der Waals surface area contributed by atoms with Crippen molar-refractivity contribution >= 4 is 59.3 Å². The lowest BCUT2D eigenvalue weighted by Crippen LogP contribution is -2.59. The molecule has 11 rings (SSSR count). The molecule has 0 unspecified atom stereocenters. The van der Waals surface area contributed by atoms with E-state index in [-0.39, 0.29) is 91.6 Å². The van der Waals surface area contributed by atoms with E-state index < -0.39 is 95.2 Å². The van der Waals surface area contributed by atoms with Gasteiger partial charge < -0.3 is 56.5 Å². The molecule has 2 heterocycles. The fraction of sp³-hybridized carbons (Fsp3) is 0.650. The predicted molar refractivity (Wildman–Crippen MR) is 388 cm³/mol. The van der Waals surface area contributed by atoms with Crippen LogP contribution in [0, 0.1) is 29.6 Å². The molecule has 102 heavy (non-hydrogen) atoms. The molecule has 0 radical (unpaired) electrons. The van der Waals surface area contributed by atoms with Gasteiger partial charge in [0.05, 0.1) is 18.1 Å². The number of carbonyl (C=O) groups is 10. The van der Waals surface area contributed by atoms with Crippen molar-refractivity contribution in [2.24, 2.45) is 35.3 Å². The van der Waals surface area contributed by atoms with Crippen LogP contribution >= 0.6 is 0 Å². The molecule has 7 N–H and O–H groups in total. The maximum Gasteiger partial charge on any atom is 0.410 e. The summed E-state index contributed by atoms with van der Waals surface area (Å²) in [6.45, 7) is 13.8. The largest absolute Gasteiger partial charge is 0.444 e. The molecule has 5 fully saturated rings. The summed E-state index contributed by atoms with van der Waals surface area (Å²) >= 11 is 0. The quantitative estimate of drug-likeness (QED) is 0.0652. The minimum atomic E-state index is -0.995. The number of amides is 9. The second kappa shape index (κ2) is 33.7. The van der Waals surface area contributed by atoms with Crippen molar-refractivity contribution in [1.29, 1.82) is 0 Å². The predicted octanol–water partition coefficient (Wildman–Crippen LogP) is 9.94. The van der Waals surface area contributed by atoms with Crippen LogP contribution in [0.1, 0.15) is 235 Å². The zero-order valence-corrected chi connectivity index (χ0v) is 62.0. The smallest absolute Gasteiger partial charge is 0.410 e. The maximum atomic E-state index is 15.3. The Bertz CT molecular complexity index is 3310. The van der Waals surface area contributed by atoms with Gasteiger partial charge >= 0.3 is 12.2 Å². The molecule has 2 saturated heterocycles. The molecule has 22 heteroatoms. The van der Waals surface area contributed by atoms with E-state index in [9.17, 15) is 38.4 Å².